The van der Waals surface area contributed by atoms with Crippen LogP contribution in [0.3, 0.4) is 0 Å². The molecule has 0 radical (unpaired) electrons. The molecule has 66 valence electrons. The van der Waals surface area contributed by atoms with Crippen LogP contribution >= 0.6 is 0 Å². The van der Waals surface area contributed by atoms with E-state index in [0.717, 1.165) is 11.2 Å². The smallest absolute Gasteiger partial charge is 0.221 e. The SMILES string of the molecule is CC(=O)Nc1ccc2ccnn2c1. The van der Waals surface area contributed by atoms with Gasteiger partial charge in [-0.15, -0.1) is 0 Å². The minimum Gasteiger partial charge on any atom is -0.325 e. The van der Waals surface area contributed by atoms with Gasteiger partial charge in [-0.2, -0.15) is 5.10 Å². The first-order valence-electron chi connectivity index (χ1n) is 3.97. The Labute approximate surface area is 75.2 Å². The molecule has 0 spiro atoms. The maximum Gasteiger partial charge on any atom is 0.221 e. The van der Waals surface area contributed by atoms with Crippen molar-refractivity contribution in [3.63, 3.8) is 0 Å². The summed E-state index contributed by atoms with van der Waals surface area (Å²) in [7, 11) is 0. The minimum atomic E-state index is -0.0773. The monoisotopic (exact) mass is 175 g/mol. The summed E-state index contributed by atoms with van der Waals surface area (Å²) in [6.45, 7) is 1.48. The number of carbonyl (C=O) groups is 1. The number of aromatic nitrogens is 2. The highest BCUT2D eigenvalue weighted by atomic mass is 16.1. The van der Waals surface area contributed by atoms with E-state index in [9.17, 15) is 4.79 Å². The Bertz CT molecular complexity index is 447. The normalized spacial score (nSPS) is 10.2. The first-order valence-corrected chi connectivity index (χ1v) is 3.97. The van der Waals surface area contributed by atoms with Gasteiger partial charge < -0.3 is 5.32 Å². The van der Waals surface area contributed by atoms with Gasteiger partial charge in [-0.25, -0.2) is 4.52 Å². The lowest BCUT2D eigenvalue weighted by atomic mass is 10.3. The molecule has 0 unspecified atom stereocenters. The quantitative estimate of drug-likeness (QED) is 0.709. The van der Waals surface area contributed by atoms with Gasteiger partial charge in [0.25, 0.3) is 0 Å². The number of amides is 1. The van der Waals surface area contributed by atoms with Crippen LogP contribution in [-0.4, -0.2) is 15.5 Å². The Morgan fingerprint density at radius 1 is 1.46 bits per heavy atom. The summed E-state index contributed by atoms with van der Waals surface area (Å²) in [5.74, 6) is -0.0773. The molecule has 0 aliphatic heterocycles. The lowest BCUT2D eigenvalue weighted by Crippen LogP contribution is -2.06. The van der Waals surface area contributed by atoms with Crippen molar-refractivity contribution in [2.45, 2.75) is 6.92 Å². The van der Waals surface area contributed by atoms with E-state index in [1.807, 2.05) is 18.2 Å². The van der Waals surface area contributed by atoms with Gasteiger partial charge in [0.05, 0.1) is 17.4 Å². The molecule has 0 saturated carbocycles. The molecule has 2 rings (SSSR count). The maximum absolute atomic E-state index is 10.7. The highest BCUT2D eigenvalue weighted by Crippen LogP contribution is 2.09. The zero-order valence-electron chi connectivity index (χ0n) is 7.19. The van der Waals surface area contributed by atoms with E-state index in [1.165, 1.54) is 6.92 Å². The molecule has 0 atom stereocenters. The summed E-state index contributed by atoms with van der Waals surface area (Å²) < 4.78 is 1.71. The molecule has 2 heterocycles. The third-order valence-corrected chi connectivity index (χ3v) is 1.72. The van der Waals surface area contributed by atoms with Crippen molar-refractivity contribution < 1.29 is 4.79 Å². The molecule has 2 aromatic rings. The van der Waals surface area contributed by atoms with Crippen LogP contribution in [0.1, 0.15) is 6.92 Å². The summed E-state index contributed by atoms with van der Waals surface area (Å²) >= 11 is 0. The van der Waals surface area contributed by atoms with Crippen molar-refractivity contribution >= 4 is 17.1 Å². The summed E-state index contributed by atoms with van der Waals surface area (Å²) in [6, 6.07) is 5.65. The van der Waals surface area contributed by atoms with Gasteiger partial charge in [-0.05, 0) is 18.2 Å². The predicted octanol–water partition coefficient (Wildman–Crippen LogP) is 1.29. The molecule has 13 heavy (non-hydrogen) atoms. The molecule has 0 saturated heterocycles. The van der Waals surface area contributed by atoms with Gasteiger partial charge in [0.2, 0.25) is 5.91 Å². The first kappa shape index (κ1) is 7.79. The number of anilines is 1. The maximum atomic E-state index is 10.7. The van der Waals surface area contributed by atoms with Gasteiger partial charge >= 0.3 is 0 Å². The molecule has 0 aliphatic carbocycles. The molecule has 4 nitrogen and oxygen atoms in total. The Kier molecular flexibility index (Phi) is 1.73. The molecule has 4 heteroatoms. The van der Waals surface area contributed by atoms with Crippen molar-refractivity contribution in [2.24, 2.45) is 0 Å². The lowest BCUT2D eigenvalue weighted by molar-refractivity contribution is -0.114. The van der Waals surface area contributed by atoms with Crippen LogP contribution in [-0.2, 0) is 4.79 Å². The van der Waals surface area contributed by atoms with Gasteiger partial charge in [-0.1, -0.05) is 0 Å². The zero-order chi connectivity index (χ0) is 9.26. The fourth-order valence-electron chi connectivity index (χ4n) is 1.19. The van der Waals surface area contributed by atoms with Gasteiger partial charge in [-0.3, -0.25) is 4.79 Å². The molecule has 0 fully saturated rings. The average Bonchev–Trinajstić information content (AvgIpc) is 2.49. The number of hydrogen-bond acceptors (Lipinski definition) is 2. The van der Waals surface area contributed by atoms with E-state index in [2.05, 4.69) is 10.4 Å². The van der Waals surface area contributed by atoms with E-state index in [4.69, 9.17) is 0 Å². The number of carbonyl (C=O) groups excluding carboxylic acids is 1. The van der Waals surface area contributed by atoms with E-state index in [1.54, 1.807) is 16.9 Å². The standard InChI is InChI=1S/C9H9N3O/c1-7(13)11-8-2-3-9-4-5-10-12(9)6-8/h2-6H,1H3,(H,11,13). The Morgan fingerprint density at radius 3 is 3.08 bits per heavy atom. The van der Waals surface area contributed by atoms with Crippen LogP contribution in [0.5, 0.6) is 0 Å². The van der Waals surface area contributed by atoms with Crippen molar-refractivity contribution in [1.82, 2.24) is 9.61 Å². The number of nitrogens with zero attached hydrogens (tertiary/aromatic N) is 2. The van der Waals surface area contributed by atoms with E-state index in [0.29, 0.717) is 0 Å². The van der Waals surface area contributed by atoms with Crippen molar-refractivity contribution in [3.8, 4) is 0 Å². The zero-order valence-corrected chi connectivity index (χ0v) is 7.19. The first-order chi connectivity index (χ1) is 6.25. The van der Waals surface area contributed by atoms with Gasteiger partial charge in [0, 0.05) is 13.1 Å². The second-order valence-corrected chi connectivity index (χ2v) is 2.80. The highest BCUT2D eigenvalue weighted by molar-refractivity contribution is 5.88. The van der Waals surface area contributed by atoms with Crippen LogP contribution in [0.25, 0.3) is 5.52 Å². The van der Waals surface area contributed by atoms with Crippen molar-refractivity contribution in [1.29, 1.82) is 0 Å². The lowest BCUT2D eigenvalue weighted by Gasteiger charge is -2.01. The molecule has 0 aliphatic rings. The molecule has 0 aromatic carbocycles. The number of rotatable bonds is 1. The Balaban J connectivity index is 2.42. The Morgan fingerprint density at radius 2 is 2.31 bits per heavy atom. The Hall–Kier alpha value is -1.84. The van der Waals surface area contributed by atoms with E-state index >= 15 is 0 Å². The number of nitrogens with one attached hydrogen (secondary N) is 1. The van der Waals surface area contributed by atoms with Crippen molar-refractivity contribution in [3.05, 3.63) is 30.6 Å². The summed E-state index contributed by atoms with van der Waals surface area (Å²) in [4.78, 5) is 10.7. The van der Waals surface area contributed by atoms with Crippen LogP contribution in [0, 0.1) is 0 Å². The van der Waals surface area contributed by atoms with Crippen molar-refractivity contribution in [2.75, 3.05) is 5.32 Å². The third-order valence-electron chi connectivity index (χ3n) is 1.72. The highest BCUT2D eigenvalue weighted by Gasteiger charge is 1.97. The third kappa shape index (κ3) is 1.51. The van der Waals surface area contributed by atoms with Crippen LogP contribution in [0.4, 0.5) is 5.69 Å². The fourth-order valence-corrected chi connectivity index (χ4v) is 1.19. The molecule has 2 aromatic heterocycles. The average molecular weight is 175 g/mol. The number of pyridine rings is 1. The molecular formula is C9H9N3O. The van der Waals surface area contributed by atoms with Crippen LogP contribution in [0.15, 0.2) is 30.6 Å². The predicted molar refractivity (Wildman–Crippen MR) is 49.5 cm³/mol. The second kappa shape index (κ2) is 2.90. The molecule has 1 N–H and O–H groups in total. The summed E-state index contributed by atoms with van der Waals surface area (Å²) in [5.41, 5.74) is 1.76. The topological polar surface area (TPSA) is 46.4 Å². The van der Waals surface area contributed by atoms with E-state index < -0.39 is 0 Å². The summed E-state index contributed by atoms with van der Waals surface area (Å²) in [5, 5.41) is 6.74. The second-order valence-electron chi connectivity index (χ2n) is 2.80. The van der Waals surface area contributed by atoms with Gasteiger partial charge in [0.15, 0.2) is 0 Å². The number of fused-ring (bicyclic) bond motifs is 1. The molecule has 1 amide bonds. The molecular weight excluding hydrogens is 166 g/mol. The van der Waals surface area contributed by atoms with E-state index in [-0.39, 0.29) is 5.91 Å². The largest absolute Gasteiger partial charge is 0.325 e. The number of hydrogen-bond donors (Lipinski definition) is 1. The molecule has 0 bridgehead atoms. The fraction of sp³-hybridized carbons (Fsp3) is 0.111. The van der Waals surface area contributed by atoms with Crippen LogP contribution in [0.2, 0.25) is 0 Å². The van der Waals surface area contributed by atoms with Gasteiger partial charge in [0.1, 0.15) is 0 Å². The minimum absolute atomic E-state index is 0.0773. The summed E-state index contributed by atoms with van der Waals surface area (Å²) in [6.07, 6.45) is 3.49. The van der Waals surface area contributed by atoms with Crippen LogP contribution < -0.4 is 5.32 Å².